The third kappa shape index (κ3) is 4.72. The molecule has 1 aromatic carbocycles. The Balaban J connectivity index is 1.74. The Bertz CT molecular complexity index is 1070. The molecule has 2 heterocycles. The summed E-state index contributed by atoms with van der Waals surface area (Å²) in [5.41, 5.74) is 4.70. The van der Waals surface area contributed by atoms with E-state index in [4.69, 9.17) is 4.74 Å². The molecule has 0 bridgehead atoms. The highest BCUT2D eigenvalue weighted by Crippen LogP contribution is 2.28. The van der Waals surface area contributed by atoms with Crippen LogP contribution in [0.15, 0.2) is 35.9 Å². The average molecular weight is 420 g/mol. The number of anilines is 1. The van der Waals surface area contributed by atoms with Crippen LogP contribution >= 0.6 is 0 Å². The number of carbonyl (C=O) groups is 2. The molecule has 6 nitrogen and oxygen atoms in total. The number of aryl methyl sites for hydroxylation is 1. The second-order valence-corrected chi connectivity index (χ2v) is 8.42. The van der Waals surface area contributed by atoms with Gasteiger partial charge < -0.3 is 14.2 Å². The fourth-order valence-corrected chi connectivity index (χ4v) is 3.97. The van der Waals surface area contributed by atoms with Crippen LogP contribution in [0, 0.1) is 31.1 Å². The summed E-state index contributed by atoms with van der Waals surface area (Å²) in [6.07, 6.45) is 1.34. The van der Waals surface area contributed by atoms with E-state index in [1.165, 1.54) is 0 Å². The van der Waals surface area contributed by atoms with Gasteiger partial charge in [0, 0.05) is 30.2 Å². The lowest BCUT2D eigenvalue weighted by molar-refractivity contribution is -0.149. The summed E-state index contributed by atoms with van der Waals surface area (Å²) in [6.45, 7) is 11.2. The molecule has 162 valence electrons. The second-order valence-electron chi connectivity index (χ2n) is 8.42. The molecule has 1 atom stereocenters. The van der Waals surface area contributed by atoms with Crippen LogP contribution in [0.3, 0.4) is 0 Å². The average Bonchev–Trinajstić information content (AvgIpc) is 3.27. The molecule has 6 heteroatoms. The van der Waals surface area contributed by atoms with Crippen LogP contribution in [-0.4, -0.2) is 29.1 Å². The highest BCUT2D eigenvalue weighted by Gasteiger charge is 2.30. The minimum Gasteiger partial charge on any atom is -0.448 e. The van der Waals surface area contributed by atoms with Crippen molar-refractivity contribution >= 4 is 23.6 Å². The molecule has 0 saturated carbocycles. The number of nitrogens with zero attached hydrogens (tertiary/aromatic N) is 3. The number of para-hydroxylation sites is 1. The molecule has 31 heavy (non-hydrogen) atoms. The summed E-state index contributed by atoms with van der Waals surface area (Å²) in [5, 5.41) is 9.54. The van der Waals surface area contributed by atoms with E-state index in [2.05, 4.69) is 18.4 Å². The molecule has 0 aliphatic carbocycles. The number of hydrogen-bond donors (Lipinski definition) is 0. The molecule has 0 saturated heterocycles. The van der Waals surface area contributed by atoms with Crippen molar-refractivity contribution in [2.24, 2.45) is 5.92 Å². The summed E-state index contributed by atoms with van der Waals surface area (Å²) < 4.78 is 7.55. The Kier molecular flexibility index (Phi) is 6.65. The largest absolute Gasteiger partial charge is 0.448 e. The first-order valence-electron chi connectivity index (χ1n) is 10.6. The van der Waals surface area contributed by atoms with E-state index in [-0.39, 0.29) is 11.5 Å². The van der Waals surface area contributed by atoms with Crippen molar-refractivity contribution in [3.8, 4) is 6.07 Å². The lowest BCUT2D eigenvalue weighted by Crippen LogP contribution is -2.39. The molecular weight excluding hydrogens is 390 g/mol. The lowest BCUT2D eigenvalue weighted by Gasteiger charge is -2.21. The van der Waals surface area contributed by atoms with Crippen molar-refractivity contribution in [1.82, 2.24) is 4.57 Å². The number of nitriles is 1. The van der Waals surface area contributed by atoms with Crippen molar-refractivity contribution in [2.75, 3.05) is 11.4 Å². The van der Waals surface area contributed by atoms with Crippen molar-refractivity contribution in [3.63, 3.8) is 0 Å². The number of fused-ring (bicyclic) bond motifs is 1. The van der Waals surface area contributed by atoms with Crippen molar-refractivity contribution in [3.05, 3.63) is 58.4 Å². The van der Waals surface area contributed by atoms with Crippen LogP contribution in [-0.2, 0) is 27.3 Å². The fourth-order valence-electron chi connectivity index (χ4n) is 3.97. The topological polar surface area (TPSA) is 75.3 Å². The maximum atomic E-state index is 12.9. The molecule has 1 amide bonds. The van der Waals surface area contributed by atoms with Crippen LogP contribution in [0.4, 0.5) is 5.69 Å². The monoisotopic (exact) mass is 419 g/mol. The molecule has 1 aromatic heterocycles. The molecule has 0 spiro atoms. The van der Waals surface area contributed by atoms with E-state index in [1.54, 1.807) is 17.9 Å². The van der Waals surface area contributed by atoms with Crippen LogP contribution in [0.25, 0.3) is 6.08 Å². The number of ether oxygens (including phenoxy) is 1. The maximum absolute atomic E-state index is 12.9. The predicted octanol–water partition coefficient (Wildman–Crippen LogP) is 4.19. The summed E-state index contributed by atoms with van der Waals surface area (Å²) >= 11 is 0. The summed E-state index contributed by atoms with van der Waals surface area (Å²) in [6, 6.07) is 11.6. The summed E-state index contributed by atoms with van der Waals surface area (Å²) in [5.74, 6) is -0.597. The van der Waals surface area contributed by atoms with Gasteiger partial charge in [-0.2, -0.15) is 5.26 Å². The molecule has 0 unspecified atom stereocenters. The Morgan fingerprint density at radius 2 is 1.94 bits per heavy atom. The highest BCUT2D eigenvalue weighted by atomic mass is 16.5. The molecule has 2 aromatic rings. The van der Waals surface area contributed by atoms with Crippen LogP contribution in [0.1, 0.15) is 43.3 Å². The molecule has 1 aliphatic rings. The third-order valence-electron chi connectivity index (χ3n) is 5.59. The van der Waals surface area contributed by atoms with E-state index in [9.17, 15) is 14.9 Å². The van der Waals surface area contributed by atoms with Gasteiger partial charge in [0.25, 0.3) is 5.91 Å². The zero-order valence-electron chi connectivity index (χ0n) is 18.8. The van der Waals surface area contributed by atoms with Crippen molar-refractivity contribution in [1.29, 1.82) is 5.26 Å². The maximum Gasteiger partial charge on any atom is 0.349 e. The van der Waals surface area contributed by atoms with E-state index in [1.807, 2.05) is 50.2 Å². The summed E-state index contributed by atoms with van der Waals surface area (Å²) in [7, 11) is 0. The van der Waals surface area contributed by atoms with E-state index in [0.29, 0.717) is 12.5 Å². The number of hydrogen-bond acceptors (Lipinski definition) is 4. The minimum absolute atomic E-state index is 0.119. The van der Waals surface area contributed by atoms with Gasteiger partial charge in [-0.15, -0.1) is 0 Å². The van der Waals surface area contributed by atoms with Gasteiger partial charge in [0.15, 0.2) is 6.10 Å². The van der Waals surface area contributed by atoms with Crippen molar-refractivity contribution in [2.45, 2.75) is 53.7 Å². The van der Waals surface area contributed by atoms with E-state index >= 15 is 0 Å². The van der Waals surface area contributed by atoms with Gasteiger partial charge in [0.05, 0.1) is 0 Å². The predicted molar refractivity (Wildman–Crippen MR) is 120 cm³/mol. The zero-order valence-corrected chi connectivity index (χ0v) is 18.8. The van der Waals surface area contributed by atoms with Crippen molar-refractivity contribution < 1.29 is 14.3 Å². The standard InChI is InChI=1S/C25H29N3O3/c1-16(2)15-28-17(3)12-21(18(28)4)13-22(14-26)25(30)31-19(5)24(29)27-11-10-20-8-6-7-9-23(20)27/h6-9,12-13,16,19H,10-11,15H2,1-5H3/b22-13+/t19-/m0/s1. The Labute approximate surface area is 183 Å². The van der Waals surface area contributed by atoms with Gasteiger partial charge in [-0.25, -0.2) is 4.79 Å². The van der Waals surface area contributed by atoms with Gasteiger partial charge in [0.2, 0.25) is 0 Å². The third-order valence-corrected chi connectivity index (χ3v) is 5.59. The second kappa shape index (κ2) is 9.22. The van der Waals surface area contributed by atoms with Gasteiger partial charge in [-0.05, 0) is 62.4 Å². The fraction of sp³-hybridized carbons (Fsp3) is 0.400. The van der Waals surface area contributed by atoms with Gasteiger partial charge in [0.1, 0.15) is 11.6 Å². The number of amides is 1. The van der Waals surface area contributed by atoms with Gasteiger partial charge >= 0.3 is 5.97 Å². The Morgan fingerprint density at radius 1 is 1.23 bits per heavy atom. The SMILES string of the molecule is Cc1cc(/C=C(\C#N)C(=O)O[C@@H](C)C(=O)N2CCc3ccccc32)c(C)n1CC(C)C. The van der Waals surface area contributed by atoms with Crippen LogP contribution in [0.5, 0.6) is 0 Å². The first-order valence-corrected chi connectivity index (χ1v) is 10.6. The zero-order chi connectivity index (χ0) is 22.7. The van der Waals surface area contributed by atoms with Crippen LogP contribution in [0.2, 0.25) is 0 Å². The number of esters is 1. The molecule has 0 fully saturated rings. The normalized spacial score (nSPS) is 14.4. The number of aromatic nitrogens is 1. The number of carbonyl (C=O) groups excluding carboxylic acids is 2. The van der Waals surface area contributed by atoms with Gasteiger partial charge in [-0.1, -0.05) is 32.0 Å². The molecule has 3 rings (SSSR count). The number of benzene rings is 1. The minimum atomic E-state index is -0.983. The molecule has 0 radical (unpaired) electrons. The van der Waals surface area contributed by atoms with Crippen LogP contribution < -0.4 is 4.90 Å². The number of rotatable bonds is 6. The molecule has 1 aliphatic heterocycles. The lowest BCUT2D eigenvalue weighted by atomic mass is 10.1. The van der Waals surface area contributed by atoms with E-state index < -0.39 is 12.1 Å². The Morgan fingerprint density at radius 3 is 2.61 bits per heavy atom. The smallest absolute Gasteiger partial charge is 0.349 e. The van der Waals surface area contributed by atoms with E-state index in [0.717, 1.165) is 41.2 Å². The Hall–Kier alpha value is -3.33. The quantitative estimate of drug-likeness (QED) is 0.400. The summed E-state index contributed by atoms with van der Waals surface area (Å²) in [4.78, 5) is 27.1. The first-order chi connectivity index (χ1) is 14.7. The van der Waals surface area contributed by atoms with Gasteiger partial charge in [-0.3, -0.25) is 4.79 Å². The highest BCUT2D eigenvalue weighted by molar-refractivity contribution is 6.02. The first kappa shape index (κ1) is 22.4. The molecular formula is C25H29N3O3. The molecule has 0 N–H and O–H groups in total.